The first-order chi connectivity index (χ1) is 43.1. The van der Waals surface area contributed by atoms with Gasteiger partial charge in [0.2, 0.25) is 11.6 Å². The molecule has 490 valence electrons. The van der Waals surface area contributed by atoms with Gasteiger partial charge in [-0.2, -0.15) is 26.2 Å². The second kappa shape index (κ2) is 29.8. The van der Waals surface area contributed by atoms with Gasteiger partial charge in [0.15, 0.2) is 5.71 Å². The van der Waals surface area contributed by atoms with Gasteiger partial charge in [-0.15, -0.1) is 0 Å². The lowest BCUT2D eigenvalue weighted by molar-refractivity contribution is -0.438. The van der Waals surface area contributed by atoms with Crippen LogP contribution in [0.5, 0.6) is 5.75 Å². The summed E-state index contributed by atoms with van der Waals surface area (Å²) in [6.45, 7) is 12.4. The Balaban J connectivity index is 0.735. The van der Waals surface area contributed by atoms with E-state index in [1.54, 1.807) is 54.6 Å². The number of allylic oxidation sites excluding steroid dienone is 6. The van der Waals surface area contributed by atoms with E-state index in [9.17, 15) is 53.1 Å². The molecule has 0 spiro atoms. The minimum Gasteiger partial charge on any atom is -0.744 e. The predicted molar refractivity (Wildman–Crippen MR) is 342 cm³/mol. The summed E-state index contributed by atoms with van der Waals surface area (Å²) in [4.78, 5) is 29.3. The van der Waals surface area contributed by atoms with Crippen molar-refractivity contribution in [2.24, 2.45) is 0 Å². The van der Waals surface area contributed by atoms with Gasteiger partial charge >= 0.3 is 6.18 Å². The van der Waals surface area contributed by atoms with Gasteiger partial charge in [-0.25, -0.2) is 12.8 Å². The Hall–Kier alpha value is -7.57. The van der Waals surface area contributed by atoms with E-state index < -0.39 is 56.0 Å². The van der Waals surface area contributed by atoms with Crippen LogP contribution in [0, 0.1) is 11.8 Å². The zero-order valence-electron chi connectivity index (χ0n) is 52.2. The Labute approximate surface area is 530 Å². The summed E-state index contributed by atoms with van der Waals surface area (Å²) >= 11 is 0. The highest BCUT2D eigenvalue weighted by Gasteiger charge is 2.45. The first kappa shape index (κ1) is 69.3. The molecule has 3 aliphatic heterocycles. The first-order valence-corrected chi connectivity index (χ1v) is 33.1. The van der Waals surface area contributed by atoms with Gasteiger partial charge in [-0.05, 0) is 131 Å². The van der Waals surface area contributed by atoms with Crippen LogP contribution in [0.4, 0.5) is 40.3 Å². The van der Waals surface area contributed by atoms with E-state index in [4.69, 9.17) is 14.2 Å². The number of likely N-dealkylation sites (N-methyl/N-ethyl adjacent to an activating group) is 1. The number of carbonyl (C=O) groups excluding carboxylic acids is 2. The molecule has 1 fully saturated rings. The molecule has 91 heavy (non-hydrogen) atoms. The minimum absolute atomic E-state index is 0.0386. The van der Waals surface area contributed by atoms with Crippen molar-refractivity contribution < 1.29 is 71.9 Å². The number of hydrogen-bond acceptors (Lipinski definition) is 14. The normalized spacial score (nSPS) is 17.8. The number of rotatable bonds is 28. The summed E-state index contributed by atoms with van der Waals surface area (Å²) in [5, 5.41) is 12.5. The maximum Gasteiger partial charge on any atom is 0.406 e. The SMILES string of the molecule is CCN1\C(=C/C=C/C=C/C2=[N+](CCCCCC(=O)NCCOCCOCCNC(=O)c3ccc(NCC#Cc4cc5c(N[C@@H]6CCN(C)C[C@@H]6F)cccc5n4CC(F)(F)F)c(OC)c3)c3ccc(S(=O)(=O)[O-])cc3C2(C)C)C(C)(C)c2cc(S(=O)(=O)O)ccc21. The van der Waals surface area contributed by atoms with Gasteiger partial charge in [-0.1, -0.05) is 44.1 Å². The van der Waals surface area contributed by atoms with Gasteiger partial charge in [0.25, 0.3) is 16.0 Å². The summed E-state index contributed by atoms with van der Waals surface area (Å²) in [5.74, 6) is 5.64. The van der Waals surface area contributed by atoms with Gasteiger partial charge in [-0.3, -0.25) is 14.1 Å². The van der Waals surface area contributed by atoms with Crippen molar-refractivity contribution in [3.63, 3.8) is 0 Å². The molecule has 5 N–H and O–H groups in total. The molecule has 25 heteroatoms. The summed E-state index contributed by atoms with van der Waals surface area (Å²) < 4.78 is 146. The minimum atomic E-state index is -4.71. The van der Waals surface area contributed by atoms with Crippen LogP contribution in [0.2, 0.25) is 0 Å². The van der Waals surface area contributed by atoms with E-state index >= 15 is 0 Å². The van der Waals surface area contributed by atoms with Crippen molar-refractivity contribution in [2.45, 2.75) is 112 Å². The largest absolute Gasteiger partial charge is 0.744 e. The van der Waals surface area contributed by atoms with Gasteiger partial charge in [0.05, 0.1) is 78.2 Å². The number of fused-ring (bicyclic) bond motifs is 3. The average Bonchev–Trinajstić information content (AvgIpc) is 1.61. The van der Waals surface area contributed by atoms with Crippen LogP contribution in [0.15, 0.2) is 125 Å². The summed E-state index contributed by atoms with van der Waals surface area (Å²) in [6.07, 6.45) is 6.86. The van der Waals surface area contributed by atoms with Crippen molar-refractivity contribution >= 4 is 71.4 Å². The maximum absolute atomic E-state index is 14.9. The highest BCUT2D eigenvalue weighted by atomic mass is 32.2. The lowest BCUT2D eigenvalue weighted by Gasteiger charge is -2.33. The van der Waals surface area contributed by atoms with Crippen LogP contribution in [-0.2, 0) is 51.9 Å². The number of aromatic nitrogens is 1. The van der Waals surface area contributed by atoms with Crippen molar-refractivity contribution in [2.75, 3.05) is 102 Å². The third kappa shape index (κ3) is 17.3. The number of anilines is 3. The third-order valence-corrected chi connectivity index (χ3v) is 18.2. The monoisotopic (exact) mass is 1300 g/mol. The number of likely N-dealkylation sites (tertiary alicyclic amines) is 1. The van der Waals surface area contributed by atoms with Crippen LogP contribution < -0.4 is 30.9 Å². The van der Waals surface area contributed by atoms with E-state index in [2.05, 4.69) is 42.6 Å². The quantitative estimate of drug-likeness (QED) is 0.00783. The summed E-state index contributed by atoms with van der Waals surface area (Å²) in [6, 6.07) is 19.9. The Morgan fingerprint density at radius 3 is 2.27 bits per heavy atom. The molecule has 5 aromatic rings. The molecule has 0 bridgehead atoms. The van der Waals surface area contributed by atoms with E-state index in [1.165, 1.54) is 31.4 Å². The van der Waals surface area contributed by atoms with Crippen LogP contribution in [0.3, 0.4) is 0 Å². The maximum atomic E-state index is 14.9. The van der Waals surface area contributed by atoms with Crippen LogP contribution in [0.1, 0.15) is 93.9 Å². The third-order valence-electron chi connectivity index (χ3n) is 16.5. The number of ether oxygens (including phenoxy) is 3. The fraction of sp³-hybridized carbons (Fsp3) is 0.439. The molecule has 2 amide bonds. The number of hydrogen-bond donors (Lipinski definition) is 5. The molecule has 3 aliphatic rings. The Morgan fingerprint density at radius 1 is 0.857 bits per heavy atom. The van der Waals surface area contributed by atoms with Crippen molar-refractivity contribution in [3.8, 4) is 17.6 Å². The number of halogens is 4. The lowest BCUT2D eigenvalue weighted by Crippen LogP contribution is -2.46. The smallest absolute Gasteiger partial charge is 0.406 e. The fourth-order valence-corrected chi connectivity index (χ4v) is 12.8. The Kier molecular flexibility index (Phi) is 22.7. The molecule has 4 aromatic carbocycles. The van der Waals surface area contributed by atoms with Crippen molar-refractivity contribution in [3.05, 3.63) is 137 Å². The average molecular weight is 1300 g/mol. The molecule has 1 saturated heterocycles. The zero-order valence-corrected chi connectivity index (χ0v) is 53.8. The zero-order chi connectivity index (χ0) is 65.9. The Morgan fingerprint density at radius 2 is 1.58 bits per heavy atom. The first-order valence-electron chi connectivity index (χ1n) is 30.2. The number of nitrogens with one attached hydrogen (secondary N) is 4. The number of methoxy groups -OCH3 is 1. The summed E-state index contributed by atoms with van der Waals surface area (Å²) in [7, 11) is -5.82. The number of nitrogens with zero attached hydrogens (tertiary/aromatic N) is 4. The number of benzene rings is 4. The molecular weight excluding hydrogens is 1220 g/mol. The van der Waals surface area contributed by atoms with E-state index in [0.717, 1.165) is 39.3 Å². The second-order valence-electron chi connectivity index (χ2n) is 23.6. The molecule has 4 heterocycles. The fourth-order valence-electron chi connectivity index (χ4n) is 11.8. The number of alkyl halides is 4. The molecule has 0 aliphatic carbocycles. The van der Waals surface area contributed by atoms with E-state index in [0.29, 0.717) is 91.0 Å². The topological polar surface area (TPSA) is 236 Å². The molecule has 2 atom stereocenters. The molecule has 0 radical (unpaired) electrons. The summed E-state index contributed by atoms with van der Waals surface area (Å²) in [5.41, 5.74) is 5.54. The molecule has 0 saturated carbocycles. The van der Waals surface area contributed by atoms with Gasteiger partial charge in [0, 0.05) is 96.7 Å². The highest BCUT2D eigenvalue weighted by Crippen LogP contribution is 2.48. The number of amides is 2. The number of unbranched alkanes of at least 4 members (excludes halogenated alkanes) is 2. The number of piperidine rings is 1. The van der Waals surface area contributed by atoms with Crippen molar-refractivity contribution in [1.29, 1.82) is 0 Å². The Bertz CT molecular complexity index is 3910. The number of carbonyl (C=O) groups is 2. The van der Waals surface area contributed by atoms with Crippen LogP contribution in [0.25, 0.3) is 10.9 Å². The van der Waals surface area contributed by atoms with E-state index in [1.807, 2.05) is 76.9 Å². The predicted octanol–water partition coefficient (Wildman–Crippen LogP) is 9.61. The molecule has 0 unspecified atom stereocenters. The van der Waals surface area contributed by atoms with E-state index in [-0.39, 0.29) is 73.4 Å². The molecule has 8 rings (SSSR count). The molecule has 1 aromatic heterocycles. The standard InChI is InChI=1S/C66H80F4N8O11S2/c1-8-76-57-27-24-47(90(81,82)83)41-50(57)64(2,3)60(76)20-11-9-12-21-61-65(4,5)51-42-48(91(84,85)86)25-28-58(51)77(61)33-14-10-13-22-62(79)72-31-35-88-37-38-89-36-32-73-63(80)45-23-26-55(59(39-45)87-7)71-30-16-17-46-40-49-53(74-54-29-34-75(6)43-52(54)67)18-15-19-56(49)78(46)44-66(68,69)70/h9,11-12,15,18-21,23-28,39-42,52,54,74H,8,10,13-14,22,29-38,43-44H2,1-7H3,(H4-,71,72,73,79,80,81,82,83,84,85,86)/t52-,54+/m0/s1. The second-order valence-corrected chi connectivity index (χ2v) is 26.4. The van der Waals surface area contributed by atoms with Crippen LogP contribution >= 0.6 is 0 Å². The molecular formula is C66H80F4N8O11S2. The van der Waals surface area contributed by atoms with Crippen molar-refractivity contribution in [1.82, 2.24) is 20.1 Å². The van der Waals surface area contributed by atoms with Gasteiger partial charge < -0.3 is 54.4 Å². The lowest BCUT2D eigenvalue weighted by atomic mass is 9.81. The van der Waals surface area contributed by atoms with Crippen LogP contribution in [-0.4, -0.2) is 162 Å². The van der Waals surface area contributed by atoms with Gasteiger partial charge in [0.1, 0.15) is 35.1 Å². The molecule has 19 nitrogen and oxygen atoms in total. The highest BCUT2D eigenvalue weighted by molar-refractivity contribution is 7.86.